The zero-order chi connectivity index (χ0) is 15.3. The van der Waals surface area contributed by atoms with Gasteiger partial charge in [-0.1, -0.05) is 17.7 Å². The van der Waals surface area contributed by atoms with E-state index in [0.29, 0.717) is 6.61 Å². The highest BCUT2D eigenvalue weighted by molar-refractivity contribution is 6.31. The molecule has 1 heterocycles. The first-order valence-electron chi connectivity index (χ1n) is 6.92. The van der Waals surface area contributed by atoms with Crippen molar-refractivity contribution in [3.05, 3.63) is 34.3 Å². The summed E-state index contributed by atoms with van der Waals surface area (Å²) < 4.78 is 44.5. The molecule has 0 spiro atoms. The van der Waals surface area contributed by atoms with E-state index in [-0.39, 0.29) is 28.3 Å². The third-order valence-electron chi connectivity index (χ3n) is 4.97. The zero-order valence-electron chi connectivity index (χ0n) is 12.1. The third-order valence-corrected chi connectivity index (χ3v) is 5.30. The number of nitrogens with one attached hydrogen (secondary N) is 1. The molecule has 0 bridgehead atoms. The van der Waals surface area contributed by atoms with E-state index in [1.165, 1.54) is 12.1 Å². The van der Waals surface area contributed by atoms with Crippen molar-refractivity contribution in [3.8, 4) is 0 Å². The number of methoxy groups -OCH3 is 1. The Morgan fingerprint density at radius 1 is 1.36 bits per heavy atom. The highest BCUT2D eigenvalue weighted by Gasteiger charge is 2.68. The lowest BCUT2D eigenvalue weighted by Crippen LogP contribution is -2.40. The number of benzene rings is 1. The minimum atomic E-state index is -4.42. The van der Waals surface area contributed by atoms with Gasteiger partial charge in [0, 0.05) is 24.5 Å². The van der Waals surface area contributed by atoms with E-state index < -0.39 is 11.7 Å². The van der Waals surface area contributed by atoms with E-state index >= 15 is 0 Å². The van der Waals surface area contributed by atoms with Crippen LogP contribution < -0.4 is 5.32 Å². The Bertz CT molecular complexity index is 562. The number of hydrogen-bond donors (Lipinski definition) is 1. The molecule has 2 nitrogen and oxygen atoms in total. The average Bonchev–Trinajstić information content (AvgIpc) is 3.08. The van der Waals surface area contributed by atoms with E-state index in [4.69, 9.17) is 16.3 Å². The lowest BCUT2D eigenvalue weighted by atomic mass is 9.81. The van der Waals surface area contributed by atoms with E-state index in [2.05, 4.69) is 5.32 Å². The summed E-state index contributed by atoms with van der Waals surface area (Å²) in [5, 5.41) is 3.08. The SMILES string of the molecule is COCC12CNCCC1(c1ccc(Cl)c(C(F)(F)F)c1)C2.Cl. The molecule has 1 aliphatic carbocycles. The second-order valence-electron chi connectivity index (χ2n) is 6.09. The normalized spacial score (nSPS) is 30.4. The number of fused-ring (bicyclic) bond motifs is 1. The number of rotatable bonds is 3. The molecule has 0 radical (unpaired) electrons. The molecule has 2 fully saturated rings. The summed E-state index contributed by atoms with van der Waals surface area (Å²) >= 11 is 5.72. The van der Waals surface area contributed by atoms with Crippen LogP contribution in [-0.2, 0) is 16.3 Å². The largest absolute Gasteiger partial charge is 0.417 e. The molecule has 3 rings (SSSR count). The van der Waals surface area contributed by atoms with Gasteiger partial charge in [0.2, 0.25) is 0 Å². The fraction of sp³-hybridized carbons (Fsp3) is 0.600. The second-order valence-corrected chi connectivity index (χ2v) is 6.50. The molecule has 2 unspecified atom stereocenters. The molecule has 1 saturated carbocycles. The van der Waals surface area contributed by atoms with Crippen LogP contribution in [0.5, 0.6) is 0 Å². The van der Waals surface area contributed by atoms with Crippen molar-refractivity contribution in [1.29, 1.82) is 0 Å². The fourth-order valence-electron chi connectivity index (χ4n) is 3.86. The molecule has 1 aliphatic heterocycles. The Hall–Kier alpha value is -0.490. The van der Waals surface area contributed by atoms with Gasteiger partial charge < -0.3 is 10.1 Å². The monoisotopic (exact) mass is 355 g/mol. The predicted molar refractivity (Wildman–Crippen MR) is 81.8 cm³/mol. The smallest absolute Gasteiger partial charge is 0.384 e. The van der Waals surface area contributed by atoms with Crippen LogP contribution in [0.3, 0.4) is 0 Å². The summed E-state index contributed by atoms with van der Waals surface area (Å²) in [6, 6.07) is 4.33. The van der Waals surface area contributed by atoms with Gasteiger partial charge >= 0.3 is 6.18 Å². The first-order valence-corrected chi connectivity index (χ1v) is 7.29. The van der Waals surface area contributed by atoms with E-state index in [9.17, 15) is 13.2 Å². The molecule has 124 valence electrons. The number of ether oxygens (including phenoxy) is 1. The van der Waals surface area contributed by atoms with Crippen LogP contribution in [0.4, 0.5) is 13.2 Å². The van der Waals surface area contributed by atoms with Crippen molar-refractivity contribution < 1.29 is 17.9 Å². The van der Waals surface area contributed by atoms with Crippen LogP contribution in [0, 0.1) is 5.41 Å². The fourth-order valence-corrected chi connectivity index (χ4v) is 4.08. The zero-order valence-corrected chi connectivity index (χ0v) is 13.7. The summed E-state index contributed by atoms with van der Waals surface area (Å²) in [4.78, 5) is 0. The molecule has 1 aromatic rings. The van der Waals surface area contributed by atoms with E-state index in [1.807, 2.05) is 0 Å². The topological polar surface area (TPSA) is 21.3 Å². The van der Waals surface area contributed by atoms with Crippen molar-refractivity contribution in [2.24, 2.45) is 5.41 Å². The second kappa shape index (κ2) is 5.86. The van der Waals surface area contributed by atoms with Crippen LogP contribution in [0.15, 0.2) is 18.2 Å². The Kier molecular flexibility index (Phi) is 4.75. The van der Waals surface area contributed by atoms with Crippen LogP contribution in [0.1, 0.15) is 24.0 Å². The van der Waals surface area contributed by atoms with Crippen molar-refractivity contribution in [2.75, 3.05) is 26.8 Å². The van der Waals surface area contributed by atoms with Gasteiger partial charge in [0.1, 0.15) is 0 Å². The molecule has 7 heteroatoms. The standard InChI is InChI=1S/C15H17ClF3NO.ClH/c1-21-9-13-7-14(13,4-5-20-8-13)10-2-3-12(16)11(6-10)15(17,18)19;/h2-3,6,20H,4-5,7-9H2,1H3;1H. The van der Waals surface area contributed by atoms with Gasteiger partial charge in [0.05, 0.1) is 17.2 Å². The molecule has 2 atom stereocenters. The minimum absolute atomic E-state index is 0. The number of piperidine rings is 1. The minimum Gasteiger partial charge on any atom is -0.384 e. The Balaban J connectivity index is 0.00000176. The summed E-state index contributed by atoms with van der Waals surface area (Å²) in [6.45, 7) is 2.16. The molecule has 1 N–H and O–H groups in total. The first-order chi connectivity index (χ1) is 9.85. The van der Waals surface area contributed by atoms with Gasteiger partial charge in [-0.05, 0) is 37.1 Å². The quantitative estimate of drug-likeness (QED) is 0.882. The van der Waals surface area contributed by atoms with E-state index in [1.54, 1.807) is 13.2 Å². The highest BCUT2D eigenvalue weighted by atomic mass is 35.5. The van der Waals surface area contributed by atoms with Gasteiger partial charge in [-0.25, -0.2) is 0 Å². The molecule has 1 saturated heterocycles. The molecule has 2 aliphatic rings. The third kappa shape index (κ3) is 2.62. The molecular weight excluding hydrogens is 338 g/mol. The maximum absolute atomic E-state index is 13.1. The maximum atomic E-state index is 13.1. The van der Waals surface area contributed by atoms with Crippen LogP contribution in [0.25, 0.3) is 0 Å². The molecule has 22 heavy (non-hydrogen) atoms. The number of alkyl halides is 3. The summed E-state index contributed by atoms with van der Waals surface area (Å²) in [5.74, 6) is 0. The summed E-state index contributed by atoms with van der Waals surface area (Å²) in [6.07, 6.45) is -2.73. The first kappa shape index (κ1) is 17.9. The lowest BCUT2D eigenvalue weighted by molar-refractivity contribution is -0.137. The van der Waals surface area contributed by atoms with Crippen LogP contribution >= 0.6 is 24.0 Å². The summed E-state index contributed by atoms with van der Waals surface area (Å²) in [5.41, 5.74) is -0.305. The van der Waals surface area contributed by atoms with Crippen molar-refractivity contribution in [2.45, 2.75) is 24.4 Å². The molecule has 0 amide bonds. The van der Waals surface area contributed by atoms with Gasteiger partial charge in [-0.15, -0.1) is 12.4 Å². The Morgan fingerprint density at radius 2 is 2.09 bits per heavy atom. The van der Waals surface area contributed by atoms with Crippen LogP contribution in [0.2, 0.25) is 5.02 Å². The van der Waals surface area contributed by atoms with Gasteiger partial charge in [-0.2, -0.15) is 13.2 Å². The predicted octanol–water partition coefficient (Wildman–Crippen LogP) is 4.05. The molecular formula is C15H18Cl2F3NO. The van der Waals surface area contributed by atoms with Crippen molar-refractivity contribution >= 4 is 24.0 Å². The highest BCUT2D eigenvalue weighted by Crippen LogP contribution is 2.68. The van der Waals surface area contributed by atoms with Crippen molar-refractivity contribution in [1.82, 2.24) is 5.32 Å². The molecule has 0 aromatic heterocycles. The van der Waals surface area contributed by atoms with Crippen molar-refractivity contribution in [3.63, 3.8) is 0 Å². The maximum Gasteiger partial charge on any atom is 0.417 e. The lowest BCUT2D eigenvalue weighted by Gasteiger charge is -2.31. The molecule has 1 aromatic carbocycles. The Labute approximate surface area is 138 Å². The van der Waals surface area contributed by atoms with Gasteiger partial charge in [-0.3, -0.25) is 0 Å². The summed E-state index contributed by atoms with van der Waals surface area (Å²) in [7, 11) is 1.63. The van der Waals surface area contributed by atoms with Crippen LogP contribution in [-0.4, -0.2) is 26.8 Å². The van der Waals surface area contributed by atoms with Gasteiger partial charge in [0.15, 0.2) is 0 Å². The average molecular weight is 356 g/mol. The van der Waals surface area contributed by atoms with E-state index in [0.717, 1.165) is 31.5 Å². The number of halogens is 5. The number of hydrogen-bond acceptors (Lipinski definition) is 2. The Morgan fingerprint density at radius 3 is 2.73 bits per heavy atom. The van der Waals surface area contributed by atoms with Gasteiger partial charge in [0.25, 0.3) is 0 Å².